The van der Waals surface area contributed by atoms with E-state index in [-0.39, 0.29) is 34.1 Å². The molecule has 6 N–H and O–H groups in total. The molecule has 0 aromatic carbocycles. The number of rotatable bonds is 10. The van der Waals surface area contributed by atoms with Gasteiger partial charge in [-0.05, 0) is 23.4 Å². The largest absolute Gasteiger partial charge is 0.454 e. The van der Waals surface area contributed by atoms with Gasteiger partial charge in [0.2, 0.25) is 5.28 Å². The van der Waals surface area contributed by atoms with Crippen LogP contribution in [0.25, 0.3) is 11.2 Å². The molecule has 204 valence electrons. The van der Waals surface area contributed by atoms with Crippen LogP contribution in [0.5, 0.6) is 0 Å². The molecule has 0 aliphatic carbocycles. The van der Waals surface area contributed by atoms with Crippen molar-refractivity contribution >= 4 is 40.5 Å². The first-order valence-electron chi connectivity index (χ1n) is 11.3. The summed E-state index contributed by atoms with van der Waals surface area (Å²) in [6.07, 6.45) is -3.99. The highest BCUT2D eigenvalue weighted by molar-refractivity contribution is 6.28. The molecule has 17 heteroatoms. The first kappa shape index (κ1) is 28.2. The lowest BCUT2D eigenvalue weighted by atomic mass is 10.0. The number of nitrogen functional groups attached to an aromatic ring is 1. The molecule has 0 spiro atoms. The first-order chi connectivity index (χ1) is 17.3. The standard InChI is InChI=1S/C20H29ClN8O8/c1-7(2)10(22)18(30)36-13-9(5-34-29(32)33)35-17(14(13)37-19(31)11(23)8(3)4)28-6-25-12-15(24)26-20(21)27-16(12)28/h6-11,13-14,17H,5,22-23H2,1-4H3,(H2,24,26,27)/t9-,10+,11+,13-,14-,17-/m1/s1. The zero-order valence-corrected chi connectivity index (χ0v) is 21.3. The van der Waals surface area contributed by atoms with E-state index >= 15 is 0 Å². The summed E-state index contributed by atoms with van der Waals surface area (Å²) in [6, 6.07) is -2.07. The van der Waals surface area contributed by atoms with Crippen LogP contribution < -0.4 is 17.2 Å². The van der Waals surface area contributed by atoms with Crippen LogP contribution in [-0.2, 0) is 28.6 Å². The van der Waals surface area contributed by atoms with Crippen molar-refractivity contribution in [2.75, 3.05) is 12.3 Å². The van der Waals surface area contributed by atoms with Gasteiger partial charge in [-0.25, -0.2) is 4.98 Å². The smallest absolute Gasteiger partial charge is 0.323 e. The summed E-state index contributed by atoms with van der Waals surface area (Å²) in [5, 5.41) is 9.67. The Labute approximate surface area is 215 Å². The van der Waals surface area contributed by atoms with Gasteiger partial charge < -0.3 is 36.2 Å². The van der Waals surface area contributed by atoms with E-state index in [1.807, 2.05) is 0 Å². The van der Waals surface area contributed by atoms with Gasteiger partial charge >= 0.3 is 11.9 Å². The summed E-state index contributed by atoms with van der Waals surface area (Å²) in [6.45, 7) is 6.18. The number of esters is 2. The molecule has 0 saturated carbocycles. The molecule has 0 bridgehead atoms. The topological polar surface area (TPSA) is 236 Å². The van der Waals surface area contributed by atoms with E-state index in [4.69, 9.17) is 43.0 Å². The number of carbonyl (C=O) groups excluding carboxylic acids is 2. The van der Waals surface area contributed by atoms with E-state index in [1.54, 1.807) is 27.7 Å². The Morgan fingerprint density at radius 1 is 1.14 bits per heavy atom. The lowest BCUT2D eigenvalue weighted by Crippen LogP contribution is -2.48. The fraction of sp³-hybridized carbons (Fsp3) is 0.650. The highest BCUT2D eigenvalue weighted by atomic mass is 35.5. The van der Waals surface area contributed by atoms with E-state index in [2.05, 4.69) is 19.8 Å². The van der Waals surface area contributed by atoms with Crippen LogP contribution in [0.1, 0.15) is 33.9 Å². The Bertz CT molecular complexity index is 1160. The molecule has 2 aromatic rings. The maximum absolute atomic E-state index is 12.9. The number of anilines is 1. The number of carbonyl (C=O) groups is 2. The van der Waals surface area contributed by atoms with Gasteiger partial charge in [0.25, 0.3) is 5.09 Å². The second kappa shape index (κ2) is 11.4. The third kappa shape index (κ3) is 6.15. The third-order valence-electron chi connectivity index (χ3n) is 5.81. The molecule has 3 heterocycles. The van der Waals surface area contributed by atoms with Gasteiger partial charge in [0.1, 0.15) is 30.3 Å². The third-order valence-corrected chi connectivity index (χ3v) is 5.98. The van der Waals surface area contributed by atoms with Crippen molar-refractivity contribution in [1.29, 1.82) is 0 Å². The molecule has 1 fully saturated rings. The molecule has 37 heavy (non-hydrogen) atoms. The first-order valence-corrected chi connectivity index (χ1v) is 11.7. The number of hydrogen-bond donors (Lipinski definition) is 3. The van der Waals surface area contributed by atoms with E-state index in [0.29, 0.717) is 0 Å². The van der Waals surface area contributed by atoms with Crippen LogP contribution in [0, 0.1) is 22.0 Å². The molecule has 1 saturated heterocycles. The fourth-order valence-electron chi connectivity index (χ4n) is 3.53. The van der Waals surface area contributed by atoms with Crippen molar-refractivity contribution in [3.05, 3.63) is 21.7 Å². The normalized spacial score (nSPS) is 23.3. The molecule has 0 amide bonds. The quantitative estimate of drug-likeness (QED) is 0.154. The van der Waals surface area contributed by atoms with E-state index in [1.165, 1.54) is 10.9 Å². The Morgan fingerprint density at radius 2 is 1.70 bits per heavy atom. The monoisotopic (exact) mass is 544 g/mol. The Kier molecular flexibility index (Phi) is 8.68. The number of nitrogens with two attached hydrogens (primary N) is 3. The molecule has 1 aliphatic rings. The van der Waals surface area contributed by atoms with Gasteiger partial charge in [0, 0.05) is 0 Å². The number of nitrogens with zero attached hydrogens (tertiary/aromatic N) is 5. The SMILES string of the molecule is CC(C)[C@H](N)C(=O)O[C@@H]1[C@H](OC(=O)[C@@H](N)C(C)C)[C@@H](CO[N+](=O)[O-])O[C@H]1n1cnc2c(N)nc(Cl)nc21. The minimum Gasteiger partial charge on any atom is -0.454 e. The van der Waals surface area contributed by atoms with E-state index in [0.717, 1.165) is 0 Å². The summed E-state index contributed by atoms with van der Waals surface area (Å²) in [7, 11) is 0. The number of fused-ring (bicyclic) bond motifs is 1. The van der Waals surface area contributed by atoms with Gasteiger partial charge in [0.05, 0.1) is 6.33 Å². The molecule has 1 aliphatic heterocycles. The van der Waals surface area contributed by atoms with Crippen LogP contribution in [0.15, 0.2) is 6.33 Å². The molecule has 2 aromatic heterocycles. The summed E-state index contributed by atoms with van der Waals surface area (Å²) in [5.41, 5.74) is 18.1. The zero-order valence-electron chi connectivity index (χ0n) is 20.5. The molecular formula is C20H29ClN8O8. The highest BCUT2D eigenvalue weighted by Gasteiger charge is 2.52. The number of halogens is 1. The lowest BCUT2D eigenvalue weighted by Gasteiger charge is -2.27. The minimum absolute atomic E-state index is 0.0266. The van der Waals surface area contributed by atoms with Crippen molar-refractivity contribution in [2.45, 2.75) is 64.3 Å². The van der Waals surface area contributed by atoms with Crippen LogP contribution in [0.3, 0.4) is 0 Å². The maximum Gasteiger partial charge on any atom is 0.323 e. The maximum atomic E-state index is 12.9. The average Bonchev–Trinajstić information content (AvgIpc) is 3.37. The summed E-state index contributed by atoms with van der Waals surface area (Å²) in [4.78, 5) is 53.2. The molecular weight excluding hydrogens is 516 g/mol. The molecule has 0 radical (unpaired) electrons. The minimum atomic E-state index is -1.38. The van der Waals surface area contributed by atoms with Crippen molar-refractivity contribution < 1.29 is 33.7 Å². The predicted molar refractivity (Wildman–Crippen MR) is 127 cm³/mol. The predicted octanol–water partition coefficient (Wildman–Crippen LogP) is -0.0422. The summed E-state index contributed by atoms with van der Waals surface area (Å²) >= 11 is 5.97. The average molecular weight is 545 g/mol. The lowest BCUT2D eigenvalue weighted by molar-refractivity contribution is -0.759. The number of hydrogen-bond acceptors (Lipinski definition) is 14. The van der Waals surface area contributed by atoms with Crippen molar-refractivity contribution in [3.8, 4) is 0 Å². The van der Waals surface area contributed by atoms with Crippen molar-refractivity contribution in [2.24, 2.45) is 23.3 Å². The van der Waals surface area contributed by atoms with Crippen LogP contribution in [0.4, 0.5) is 5.82 Å². The molecule has 3 rings (SSSR count). The van der Waals surface area contributed by atoms with E-state index < -0.39 is 60.3 Å². The van der Waals surface area contributed by atoms with E-state index in [9.17, 15) is 19.7 Å². The van der Waals surface area contributed by atoms with Crippen LogP contribution in [0.2, 0.25) is 5.28 Å². The van der Waals surface area contributed by atoms with Gasteiger partial charge in [-0.3, -0.25) is 14.2 Å². The summed E-state index contributed by atoms with van der Waals surface area (Å²) < 4.78 is 18.6. The molecule has 0 unspecified atom stereocenters. The number of aromatic nitrogens is 4. The summed E-state index contributed by atoms with van der Waals surface area (Å²) in [5.74, 6) is -2.28. The van der Waals surface area contributed by atoms with Crippen LogP contribution in [-0.4, -0.2) is 73.5 Å². The fourth-order valence-corrected chi connectivity index (χ4v) is 3.71. The number of imidazole rings is 1. The Balaban J connectivity index is 2.08. The van der Waals surface area contributed by atoms with Gasteiger partial charge in [0.15, 0.2) is 29.9 Å². The highest BCUT2D eigenvalue weighted by Crippen LogP contribution is 2.37. The molecule has 16 nitrogen and oxygen atoms in total. The van der Waals surface area contributed by atoms with Crippen molar-refractivity contribution in [1.82, 2.24) is 19.5 Å². The Hall–Kier alpha value is -3.34. The second-order valence-electron chi connectivity index (χ2n) is 9.13. The zero-order chi connectivity index (χ0) is 27.6. The number of ether oxygens (including phenoxy) is 3. The van der Waals surface area contributed by atoms with Gasteiger partial charge in [-0.1, -0.05) is 27.7 Å². The Morgan fingerprint density at radius 3 is 2.24 bits per heavy atom. The van der Waals surface area contributed by atoms with Gasteiger partial charge in [-0.2, -0.15) is 9.97 Å². The second-order valence-corrected chi connectivity index (χ2v) is 9.47. The molecule has 6 atom stereocenters. The van der Waals surface area contributed by atoms with Crippen molar-refractivity contribution in [3.63, 3.8) is 0 Å². The van der Waals surface area contributed by atoms with Gasteiger partial charge in [-0.15, -0.1) is 10.1 Å². The van der Waals surface area contributed by atoms with Crippen LogP contribution >= 0.6 is 11.6 Å².